The molecule has 8 heteroatoms. The summed E-state index contributed by atoms with van der Waals surface area (Å²) in [4.78, 5) is 3.48. The standard InChI is InChI=1S/C12H18BrClN2O2S2/c1-15(6-7-16-4-2-3-5-16)20(17,18)11-8-10(9-14)19-12(11)13/h8H,2-7,9H2,1H3. The molecule has 0 unspecified atom stereocenters. The summed E-state index contributed by atoms with van der Waals surface area (Å²) < 4.78 is 27.1. The largest absolute Gasteiger partial charge is 0.302 e. The molecule has 1 fully saturated rings. The van der Waals surface area contributed by atoms with E-state index in [1.807, 2.05) is 0 Å². The van der Waals surface area contributed by atoms with E-state index in [1.54, 1.807) is 13.1 Å². The van der Waals surface area contributed by atoms with Crippen LogP contribution in [0.2, 0.25) is 0 Å². The van der Waals surface area contributed by atoms with Crippen LogP contribution in [0.1, 0.15) is 17.7 Å². The molecule has 4 nitrogen and oxygen atoms in total. The van der Waals surface area contributed by atoms with Gasteiger partial charge in [-0.15, -0.1) is 22.9 Å². The molecule has 0 aliphatic carbocycles. The second kappa shape index (κ2) is 7.07. The highest BCUT2D eigenvalue weighted by Crippen LogP contribution is 2.33. The SMILES string of the molecule is CN(CCN1CCCC1)S(=O)(=O)c1cc(CCl)sc1Br. The van der Waals surface area contributed by atoms with Gasteiger partial charge >= 0.3 is 0 Å². The third kappa shape index (κ3) is 3.75. The van der Waals surface area contributed by atoms with E-state index in [0.717, 1.165) is 24.5 Å². The molecule has 0 atom stereocenters. The summed E-state index contributed by atoms with van der Waals surface area (Å²) in [6, 6.07) is 1.66. The Kier molecular flexibility index (Phi) is 5.90. The minimum atomic E-state index is -3.44. The highest BCUT2D eigenvalue weighted by Gasteiger charge is 2.26. The molecule has 0 saturated carbocycles. The minimum absolute atomic E-state index is 0.321. The number of likely N-dealkylation sites (tertiary alicyclic amines) is 1. The van der Waals surface area contributed by atoms with Crippen LogP contribution in [-0.2, 0) is 15.9 Å². The highest BCUT2D eigenvalue weighted by atomic mass is 79.9. The van der Waals surface area contributed by atoms with Crippen LogP contribution in [0.15, 0.2) is 14.7 Å². The van der Waals surface area contributed by atoms with Gasteiger partial charge in [-0.3, -0.25) is 0 Å². The molecule has 114 valence electrons. The molecular weight excluding hydrogens is 384 g/mol. The lowest BCUT2D eigenvalue weighted by Crippen LogP contribution is -2.35. The fourth-order valence-electron chi connectivity index (χ4n) is 2.22. The van der Waals surface area contributed by atoms with Crippen molar-refractivity contribution in [3.05, 3.63) is 14.7 Å². The Morgan fingerprint density at radius 3 is 2.65 bits per heavy atom. The lowest BCUT2D eigenvalue weighted by Gasteiger charge is -2.21. The number of likely N-dealkylation sites (N-methyl/N-ethyl adjacent to an activating group) is 1. The number of alkyl halides is 1. The molecule has 1 aromatic heterocycles. The number of nitrogens with zero attached hydrogens (tertiary/aromatic N) is 2. The molecule has 0 N–H and O–H groups in total. The van der Waals surface area contributed by atoms with Crippen molar-refractivity contribution in [2.24, 2.45) is 0 Å². The van der Waals surface area contributed by atoms with Gasteiger partial charge < -0.3 is 4.90 Å². The summed E-state index contributed by atoms with van der Waals surface area (Å²) >= 11 is 10.5. The van der Waals surface area contributed by atoms with Crippen molar-refractivity contribution in [3.8, 4) is 0 Å². The van der Waals surface area contributed by atoms with E-state index in [0.29, 0.717) is 21.1 Å². The molecule has 2 rings (SSSR count). The van der Waals surface area contributed by atoms with Gasteiger partial charge in [-0.25, -0.2) is 8.42 Å². The summed E-state index contributed by atoms with van der Waals surface area (Å²) in [5.74, 6) is 0.330. The summed E-state index contributed by atoms with van der Waals surface area (Å²) in [6.07, 6.45) is 2.43. The minimum Gasteiger partial charge on any atom is -0.302 e. The predicted octanol–water partition coefficient (Wildman–Crippen LogP) is 2.97. The fourth-order valence-corrected chi connectivity index (χ4v) is 6.10. The number of sulfonamides is 1. The number of halogens is 2. The molecule has 2 heterocycles. The maximum Gasteiger partial charge on any atom is 0.244 e. The van der Waals surface area contributed by atoms with Crippen LogP contribution in [0.5, 0.6) is 0 Å². The van der Waals surface area contributed by atoms with Crippen LogP contribution in [-0.4, -0.2) is 50.8 Å². The van der Waals surface area contributed by atoms with Crippen LogP contribution < -0.4 is 0 Å². The Morgan fingerprint density at radius 2 is 2.10 bits per heavy atom. The first-order valence-corrected chi connectivity index (χ1v) is 10.1. The number of thiophene rings is 1. The maximum absolute atomic E-state index is 12.5. The van der Waals surface area contributed by atoms with Crippen molar-refractivity contribution in [1.82, 2.24) is 9.21 Å². The van der Waals surface area contributed by atoms with Gasteiger partial charge in [0, 0.05) is 25.0 Å². The zero-order valence-corrected chi connectivity index (χ0v) is 15.3. The van der Waals surface area contributed by atoms with Gasteiger partial charge in [0.25, 0.3) is 0 Å². The van der Waals surface area contributed by atoms with Crippen molar-refractivity contribution < 1.29 is 8.42 Å². The van der Waals surface area contributed by atoms with Crippen LogP contribution in [0.3, 0.4) is 0 Å². The molecule has 0 bridgehead atoms. The van der Waals surface area contributed by atoms with E-state index in [1.165, 1.54) is 28.5 Å². The zero-order valence-electron chi connectivity index (χ0n) is 11.3. The van der Waals surface area contributed by atoms with E-state index in [-0.39, 0.29) is 0 Å². The third-order valence-corrected chi connectivity index (χ3v) is 8.01. The Hall–Kier alpha value is 0.340. The monoisotopic (exact) mass is 400 g/mol. The third-order valence-electron chi connectivity index (χ3n) is 3.46. The van der Waals surface area contributed by atoms with E-state index in [2.05, 4.69) is 20.8 Å². The molecule has 1 aliphatic heterocycles. The Labute approximate surface area is 137 Å². The fraction of sp³-hybridized carbons (Fsp3) is 0.667. The highest BCUT2D eigenvalue weighted by molar-refractivity contribution is 9.11. The van der Waals surface area contributed by atoms with Gasteiger partial charge in [0.05, 0.1) is 9.67 Å². The van der Waals surface area contributed by atoms with E-state index < -0.39 is 10.0 Å². The van der Waals surface area contributed by atoms with Crippen LogP contribution in [0, 0.1) is 0 Å². The van der Waals surface area contributed by atoms with Gasteiger partial charge in [-0.2, -0.15) is 4.31 Å². The second-order valence-corrected chi connectivity index (χ2v) is 9.59. The molecule has 20 heavy (non-hydrogen) atoms. The van der Waals surface area contributed by atoms with Gasteiger partial charge in [0.2, 0.25) is 10.0 Å². The smallest absolute Gasteiger partial charge is 0.244 e. The average Bonchev–Trinajstić information content (AvgIpc) is 3.04. The first-order valence-electron chi connectivity index (χ1n) is 6.48. The molecule has 1 saturated heterocycles. The normalized spacial score (nSPS) is 17.2. The Bertz CT molecular complexity index is 556. The van der Waals surface area contributed by atoms with Crippen LogP contribution >= 0.6 is 38.9 Å². The number of hydrogen-bond donors (Lipinski definition) is 0. The molecular formula is C12H18BrClN2O2S2. The first kappa shape index (κ1) is 16.7. The predicted molar refractivity (Wildman–Crippen MR) is 87.1 cm³/mol. The lowest BCUT2D eigenvalue weighted by atomic mass is 10.4. The van der Waals surface area contributed by atoms with Crippen molar-refractivity contribution in [2.75, 3.05) is 33.2 Å². The lowest BCUT2D eigenvalue weighted by molar-refractivity contribution is 0.310. The summed E-state index contributed by atoms with van der Waals surface area (Å²) in [5.41, 5.74) is 0. The molecule has 0 amide bonds. The number of rotatable bonds is 6. The van der Waals surface area contributed by atoms with Crippen molar-refractivity contribution in [3.63, 3.8) is 0 Å². The van der Waals surface area contributed by atoms with Crippen molar-refractivity contribution in [2.45, 2.75) is 23.6 Å². The van der Waals surface area contributed by atoms with E-state index in [4.69, 9.17) is 11.6 Å². The average molecular weight is 402 g/mol. The quantitative estimate of drug-likeness (QED) is 0.688. The molecule has 1 aromatic rings. The summed E-state index contributed by atoms with van der Waals surface area (Å²) in [5, 5.41) is 0. The van der Waals surface area contributed by atoms with Crippen LogP contribution in [0.4, 0.5) is 0 Å². The van der Waals surface area contributed by atoms with E-state index in [9.17, 15) is 8.42 Å². The molecule has 1 aliphatic rings. The Morgan fingerprint density at radius 1 is 1.45 bits per heavy atom. The van der Waals surface area contributed by atoms with Crippen LogP contribution in [0.25, 0.3) is 0 Å². The molecule has 0 radical (unpaired) electrons. The maximum atomic E-state index is 12.5. The van der Waals surface area contributed by atoms with Gasteiger partial charge in [-0.05, 0) is 47.9 Å². The second-order valence-electron chi connectivity index (χ2n) is 4.86. The van der Waals surface area contributed by atoms with Crippen molar-refractivity contribution in [1.29, 1.82) is 0 Å². The van der Waals surface area contributed by atoms with Gasteiger partial charge in [0.1, 0.15) is 4.90 Å². The summed E-state index contributed by atoms with van der Waals surface area (Å²) in [6.45, 7) is 3.46. The zero-order chi connectivity index (χ0) is 14.8. The van der Waals surface area contributed by atoms with Gasteiger partial charge in [-0.1, -0.05) is 0 Å². The number of hydrogen-bond acceptors (Lipinski definition) is 4. The topological polar surface area (TPSA) is 40.6 Å². The van der Waals surface area contributed by atoms with Gasteiger partial charge in [0.15, 0.2) is 0 Å². The first-order chi connectivity index (χ1) is 9.45. The Balaban J connectivity index is 2.05. The summed E-state index contributed by atoms with van der Waals surface area (Å²) in [7, 11) is -1.80. The van der Waals surface area contributed by atoms with Crippen molar-refractivity contribution >= 4 is 48.9 Å². The molecule has 0 aromatic carbocycles. The molecule has 0 spiro atoms. The van der Waals surface area contributed by atoms with E-state index >= 15 is 0 Å².